The van der Waals surface area contributed by atoms with Crippen LogP contribution >= 0.6 is 0 Å². The molecule has 0 heterocycles. The first-order valence-corrected chi connectivity index (χ1v) is 9.84. The SMILES string of the molecule is CC1C=CC=C(c2c(C#N)c(F)c(C#N)c(-c3ccccc3)c2-c2ccccc2)C1. The molecular weight excluding hydrogens is 371 g/mol. The first-order valence-electron chi connectivity index (χ1n) is 9.84. The summed E-state index contributed by atoms with van der Waals surface area (Å²) in [5.41, 5.74) is 4.17. The normalized spacial score (nSPS) is 15.2. The first-order chi connectivity index (χ1) is 14.7. The van der Waals surface area contributed by atoms with Crippen LogP contribution in [0.2, 0.25) is 0 Å². The molecule has 1 atom stereocenters. The van der Waals surface area contributed by atoms with Gasteiger partial charge in [0.05, 0.1) is 11.1 Å². The van der Waals surface area contributed by atoms with E-state index >= 15 is 4.39 Å². The van der Waals surface area contributed by atoms with Crippen LogP contribution < -0.4 is 0 Å². The average molecular weight is 390 g/mol. The molecule has 1 unspecified atom stereocenters. The summed E-state index contributed by atoms with van der Waals surface area (Å²) in [5, 5.41) is 19.8. The highest BCUT2D eigenvalue weighted by Crippen LogP contribution is 2.45. The third-order valence-electron chi connectivity index (χ3n) is 5.39. The zero-order valence-corrected chi connectivity index (χ0v) is 16.6. The molecule has 0 fully saturated rings. The number of allylic oxidation sites excluding steroid dienone is 4. The van der Waals surface area contributed by atoms with Gasteiger partial charge in [-0.3, -0.25) is 0 Å². The molecule has 0 aliphatic heterocycles. The Morgan fingerprint density at radius 1 is 0.800 bits per heavy atom. The summed E-state index contributed by atoms with van der Waals surface area (Å²) in [6.07, 6.45) is 6.70. The van der Waals surface area contributed by atoms with Crippen LogP contribution in [0.25, 0.3) is 27.8 Å². The summed E-state index contributed by atoms with van der Waals surface area (Å²) in [4.78, 5) is 0. The highest BCUT2D eigenvalue weighted by molar-refractivity contribution is 5.97. The third kappa shape index (κ3) is 3.32. The fourth-order valence-electron chi connectivity index (χ4n) is 4.07. The molecule has 4 rings (SSSR count). The minimum atomic E-state index is -0.753. The molecule has 0 saturated heterocycles. The van der Waals surface area contributed by atoms with Crippen molar-refractivity contribution in [2.45, 2.75) is 13.3 Å². The van der Waals surface area contributed by atoms with Crippen LogP contribution in [-0.2, 0) is 0 Å². The second kappa shape index (κ2) is 8.19. The van der Waals surface area contributed by atoms with Crippen LogP contribution in [0.4, 0.5) is 4.39 Å². The van der Waals surface area contributed by atoms with Gasteiger partial charge in [-0.2, -0.15) is 10.5 Å². The lowest BCUT2D eigenvalue weighted by Gasteiger charge is -2.23. The molecule has 144 valence electrons. The maximum Gasteiger partial charge on any atom is 0.159 e. The molecule has 1 aliphatic carbocycles. The predicted molar refractivity (Wildman–Crippen MR) is 118 cm³/mol. The van der Waals surface area contributed by atoms with Gasteiger partial charge in [-0.25, -0.2) is 4.39 Å². The quantitative estimate of drug-likeness (QED) is 0.489. The van der Waals surface area contributed by atoms with Gasteiger partial charge < -0.3 is 0 Å². The van der Waals surface area contributed by atoms with E-state index in [9.17, 15) is 10.5 Å². The van der Waals surface area contributed by atoms with Gasteiger partial charge >= 0.3 is 0 Å². The highest BCUT2D eigenvalue weighted by atomic mass is 19.1. The van der Waals surface area contributed by atoms with Crippen LogP contribution in [0.5, 0.6) is 0 Å². The van der Waals surface area contributed by atoms with E-state index in [2.05, 4.69) is 13.0 Å². The van der Waals surface area contributed by atoms with E-state index in [1.165, 1.54) is 0 Å². The molecule has 1 aliphatic rings. The van der Waals surface area contributed by atoms with Crippen LogP contribution in [0, 0.1) is 34.4 Å². The summed E-state index contributed by atoms with van der Waals surface area (Å²) < 4.78 is 15.5. The fraction of sp³-hybridized carbons (Fsp3) is 0.111. The molecule has 2 nitrogen and oxygen atoms in total. The topological polar surface area (TPSA) is 47.6 Å². The Labute approximate surface area is 175 Å². The molecule has 0 saturated carbocycles. The van der Waals surface area contributed by atoms with Gasteiger partial charge in [-0.15, -0.1) is 0 Å². The number of halogens is 1. The Kier molecular flexibility index (Phi) is 5.29. The summed E-state index contributed by atoms with van der Waals surface area (Å²) in [5.74, 6) is -0.476. The zero-order chi connectivity index (χ0) is 21.1. The zero-order valence-electron chi connectivity index (χ0n) is 16.6. The van der Waals surface area contributed by atoms with Crippen molar-refractivity contribution in [1.82, 2.24) is 0 Å². The summed E-state index contributed by atoms with van der Waals surface area (Å²) in [6.45, 7) is 2.09. The van der Waals surface area contributed by atoms with Gasteiger partial charge in [0.1, 0.15) is 12.1 Å². The molecule has 0 aromatic heterocycles. The van der Waals surface area contributed by atoms with Crippen LogP contribution in [0.3, 0.4) is 0 Å². The maximum absolute atomic E-state index is 15.5. The van der Waals surface area contributed by atoms with Gasteiger partial charge in [-0.05, 0) is 34.6 Å². The lowest BCUT2D eigenvalue weighted by molar-refractivity contribution is 0.619. The average Bonchev–Trinajstić information content (AvgIpc) is 2.79. The first kappa shape index (κ1) is 19.4. The predicted octanol–water partition coefficient (Wildman–Crippen LogP) is 6.88. The van der Waals surface area contributed by atoms with Crippen molar-refractivity contribution in [3.63, 3.8) is 0 Å². The van der Waals surface area contributed by atoms with Crippen molar-refractivity contribution in [1.29, 1.82) is 10.5 Å². The van der Waals surface area contributed by atoms with Crippen molar-refractivity contribution >= 4 is 5.57 Å². The number of benzene rings is 3. The molecule has 3 aromatic rings. The Hall–Kier alpha value is -3.95. The number of nitriles is 2. The number of hydrogen-bond donors (Lipinski definition) is 0. The molecule has 3 aromatic carbocycles. The Balaban J connectivity index is 2.21. The maximum atomic E-state index is 15.5. The summed E-state index contributed by atoms with van der Waals surface area (Å²) in [7, 11) is 0. The van der Waals surface area contributed by atoms with E-state index in [0.717, 1.165) is 22.3 Å². The Bertz CT molecular complexity index is 1240. The lowest BCUT2D eigenvalue weighted by Crippen LogP contribution is -2.07. The van der Waals surface area contributed by atoms with Crippen LogP contribution in [0.15, 0.2) is 78.9 Å². The van der Waals surface area contributed by atoms with E-state index < -0.39 is 5.82 Å². The molecule has 0 spiro atoms. The van der Waals surface area contributed by atoms with Crippen molar-refractivity contribution < 1.29 is 4.39 Å². The minimum absolute atomic E-state index is 0.0705. The molecular formula is C27H19FN2. The van der Waals surface area contributed by atoms with Gasteiger partial charge in [0.15, 0.2) is 5.82 Å². The minimum Gasteiger partial charge on any atom is -0.204 e. The standard InChI is InChI=1S/C27H19FN2/c1-18-9-8-14-21(15-18)25-23(17-30)27(28)22(16-29)24(19-10-4-2-5-11-19)26(25)20-12-6-3-7-13-20/h2-14,18H,15H2,1H3. The molecule has 3 heteroatoms. The van der Waals surface area contributed by atoms with E-state index in [-0.39, 0.29) is 17.0 Å². The fourth-order valence-corrected chi connectivity index (χ4v) is 4.07. The second-order valence-corrected chi connectivity index (χ2v) is 7.40. The molecule has 0 bridgehead atoms. The van der Waals surface area contributed by atoms with Crippen molar-refractivity contribution in [2.24, 2.45) is 5.92 Å². The van der Waals surface area contributed by atoms with E-state index in [4.69, 9.17) is 0 Å². The summed E-state index contributed by atoms with van der Waals surface area (Å²) >= 11 is 0. The molecule has 0 N–H and O–H groups in total. The second-order valence-electron chi connectivity index (χ2n) is 7.40. The van der Waals surface area contributed by atoms with Gasteiger partial charge in [-0.1, -0.05) is 85.8 Å². The van der Waals surface area contributed by atoms with Gasteiger partial charge in [0.25, 0.3) is 0 Å². The van der Waals surface area contributed by atoms with Crippen molar-refractivity contribution in [3.05, 3.63) is 101 Å². The lowest BCUT2D eigenvalue weighted by atomic mass is 9.79. The molecule has 0 amide bonds. The highest BCUT2D eigenvalue weighted by Gasteiger charge is 2.28. The largest absolute Gasteiger partial charge is 0.204 e. The number of hydrogen-bond acceptors (Lipinski definition) is 2. The number of nitrogens with zero attached hydrogens (tertiary/aromatic N) is 2. The molecule has 30 heavy (non-hydrogen) atoms. The smallest absolute Gasteiger partial charge is 0.159 e. The van der Waals surface area contributed by atoms with Gasteiger partial charge in [0.2, 0.25) is 0 Å². The third-order valence-corrected chi connectivity index (χ3v) is 5.39. The summed E-state index contributed by atoms with van der Waals surface area (Å²) in [6, 6.07) is 23.0. The van der Waals surface area contributed by atoms with Crippen LogP contribution in [0.1, 0.15) is 30.0 Å². The number of rotatable bonds is 3. The van der Waals surface area contributed by atoms with Gasteiger partial charge in [0, 0.05) is 11.1 Å². The Morgan fingerprint density at radius 3 is 1.87 bits per heavy atom. The Morgan fingerprint density at radius 2 is 1.33 bits per heavy atom. The van der Waals surface area contributed by atoms with E-state index in [1.807, 2.05) is 85.0 Å². The van der Waals surface area contributed by atoms with Crippen molar-refractivity contribution in [2.75, 3.05) is 0 Å². The van der Waals surface area contributed by atoms with Crippen LogP contribution in [-0.4, -0.2) is 0 Å². The monoisotopic (exact) mass is 390 g/mol. The van der Waals surface area contributed by atoms with Crippen molar-refractivity contribution in [3.8, 4) is 34.4 Å². The molecule has 0 radical (unpaired) electrons. The van der Waals surface area contributed by atoms with E-state index in [1.54, 1.807) is 0 Å². The van der Waals surface area contributed by atoms with E-state index in [0.29, 0.717) is 17.5 Å².